The number of hydrogen-bond donors (Lipinski definition) is 2. The maximum Gasteiger partial charge on any atom is 0.222 e. The number of nitrogens with zero attached hydrogens (tertiary/aromatic N) is 3. The molecule has 0 spiro atoms. The Morgan fingerprint density at radius 1 is 1.21 bits per heavy atom. The SMILES string of the molecule is CN(c1nc(N)ncc1Oc1ccc(Cl)cc1)C1CCC(O)CC1. The molecule has 1 saturated carbocycles. The van der Waals surface area contributed by atoms with Gasteiger partial charge in [0, 0.05) is 18.1 Å². The third-order valence-electron chi connectivity index (χ3n) is 4.34. The Morgan fingerprint density at radius 3 is 2.54 bits per heavy atom. The van der Waals surface area contributed by atoms with Crippen LogP contribution in [-0.4, -0.2) is 34.3 Å². The molecule has 0 radical (unpaired) electrons. The van der Waals surface area contributed by atoms with E-state index in [4.69, 9.17) is 22.1 Å². The van der Waals surface area contributed by atoms with E-state index in [-0.39, 0.29) is 18.1 Å². The summed E-state index contributed by atoms with van der Waals surface area (Å²) >= 11 is 5.91. The summed E-state index contributed by atoms with van der Waals surface area (Å²) in [7, 11) is 1.97. The summed E-state index contributed by atoms with van der Waals surface area (Å²) in [6.07, 6.45) is 4.78. The molecule has 3 N–H and O–H groups in total. The fourth-order valence-electron chi connectivity index (χ4n) is 2.95. The zero-order chi connectivity index (χ0) is 17.1. The largest absolute Gasteiger partial charge is 0.452 e. The average Bonchev–Trinajstić information content (AvgIpc) is 2.58. The third kappa shape index (κ3) is 3.88. The molecule has 1 aliphatic carbocycles. The second-order valence-corrected chi connectivity index (χ2v) is 6.48. The zero-order valence-electron chi connectivity index (χ0n) is 13.5. The number of anilines is 2. The molecule has 1 aromatic carbocycles. The second kappa shape index (κ2) is 7.23. The number of nitrogen functional groups attached to an aromatic ring is 1. The maximum atomic E-state index is 9.70. The number of benzene rings is 1. The van der Waals surface area contributed by atoms with Crippen molar-refractivity contribution in [3.8, 4) is 11.5 Å². The van der Waals surface area contributed by atoms with E-state index in [1.54, 1.807) is 30.5 Å². The first-order valence-electron chi connectivity index (χ1n) is 8.00. The summed E-state index contributed by atoms with van der Waals surface area (Å²) < 4.78 is 5.92. The van der Waals surface area contributed by atoms with E-state index < -0.39 is 0 Å². The molecule has 0 bridgehead atoms. The molecule has 24 heavy (non-hydrogen) atoms. The van der Waals surface area contributed by atoms with Gasteiger partial charge in [-0.3, -0.25) is 0 Å². The molecule has 1 fully saturated rings. The molecule has 0 atom stereocenters. The molecule has 0 aliphatic heterocycles. The molecule has 7 heteroatoms. The third-order valence-corrected chi connectivity index (χ3v) is 4.60. The van der Waals surface area contributed by atoms with Gasteiger partial charge in [0.05, 0.1) is 12.3 Å². The van der Waals surface area contributed by atoms with E-state index in [0.29, 0.717) is 22.3 Å². The predicted octanol–water partition coefficient (Wildman–Crippen LogP) is 3.24. The van der Waals surface area contributed by atoms with Gasteiger partial charge in [-0.25, -0.2) is 4.98 Å². The number of aromatic nitrogens is 2. The molecule has 0 saturated heterocycles. The van der Waals surface area contributed by atoms with Crippen molar-refractivity contribution >= 4 is 23.4 Å². The summed E-state index contributed by atoms with van der Waals surface area (Å²) in [6.45, 7) is 0. The number of rotatable bonds is 4. The minimum absolute atomic E-state index is 0.199. The fraction of sp³-hybridized carbons (Fsp3) is 0.412. The minimum Gasteiger partial charge on any atom is -0.452 e. The van der Waals surface area contributed by atoms with Crippen molar-refractivity contribution in [2.75, 3.05) is 17.7 Å². The number of nitrogens with two attached hydrogens (primary N) is 1. The van der Waals surface area contributed by atoms with Crippen LogP contribution in [0.5, 0.6) is 11.5 Å². The first-order valence-corrected chi connectivity index (χ1v) is 8.37. The van der Waals surface area contributed by atoms with Crippen molar-refractivity contribution in [1.82, 2.24) is 9.97 Å². The molecule has 0 unspecified atom stereocenters. The number of hydrogen-bond acceptors (Lipinski definition) is 6. The van der Waals surface area contributed by atoms with Crippen LogP contribution < -0.4 is 15.4 Å². The molecule has 1 heterocycles. The van der Waals surface area contributed by atoms with E-state index in [9.17, 15) is 5.11 Å². The van der Waals surface area contributed by atoms with Gasteiger partial charge in [0.15, 0.2) is 11.6 Å². The molecule has 0 amide bonds. The van der Waals surface area contributed by atoms with Crippen LogP contribution in [0.3, 0.4) is 0 Å². The van der Waals surface area contributed by atoms with Crippen molar-refractivity contribution in [1.29, 1.82) is 0 Å². The number of halogens is 1. The topological polar surface area (TPSA) is 84.5 Å². The summed E-state index contributed by atoms with van der Waals surface area (Å²) in [4.78, 5) is 10.5. The molecule has 128 valence electrons. The average molecular weight is 349 g/mol. The first kappa shape index (κ1) is 16.8. The van der Waals surface area contributed by atoms with E-state index in [1.165, 1.54) is 0 Å². The van der Waals surface area contributed by atoms with E-state index in [1.807, 2.05) is 7.05 Å². The van der Waals surface area contributed by atoms with Gasteiger partial charge in [0.25, 0.3) is 0 Å². The summed E-state index contributed by atoms with van der Waals surface area (Å²) in [5, 5.41) is 10.3. The highest BCUT2D eigenvalue weighted by Gasteiger charge is 2.26. The van der Waals surface area contributed by atoms with Crippen molar-refractivity contribution in [3.05, 3.63) is 35.5 Å². The monoisotopic (exact) mass is 348 g/mol. The Kier molecular flexibility index (Phi) is 5.06. The lowest BCUT2D eigenvalue weighted by Gasteiger charge is -2.34. The van der Waals surface area contributed by atoms with Crippen LogP contribution in [0.4, 0.5) is 11.8 Å². The van der Waals surface area contributed by atoms with E-state index in [0.717, 1.165) is 25.7 Å². The van der Waals surface area contributed by atoms with Gasteiger partial charge in [-0.1, -0.05) is 11.6 Å². The van der Waals surface area contributed by atoms with Crippen LogP contribution in [0.1, 0.15) is 25.7 Å². The van der Waals surface area contributed by atoms with E-state index in [2.05, 4.69) is 14.9 Å². The number of ether oxygens (including phenoxy) is 1. The van der Waals surface area contributed by atoms with Crippen LogP contribution in [0.15, 0.2) is 30.5 Å². The van der Waals surface area contributed by atoms with Crippen molar-refractivity contribution in [2.45, 2.75) is 37.8 Å². The van der Waals surface area contributed by atoms with Crippen LogP contribution in [0.25, 0.3) is 0 Å². The Labute approximate surface area is 146 Å². The molecule has 6 nitrogen and oxygen atoms in total. The van der Waals surface area contributed by atoms with Gasteiger partial charge in [-0.05, 0) is 49.9 Å². The second-order valence-electron chi connectivity index (χ2n) is 6.05. The Balaban J connectivity index is 1.83. The van der Waals surface area contributed by atoms with Gasteiger partial charge in [0.2, 0.25) is 5.95 Å². The lowest BCUT2D eigenvalue weighted by molar-refractivity contribution is 0.122. The molecule has 2 aromatic rings. The summed E-state index contributed by atoms with van der Waals surface area (Å²) in [6, 6.07) is 7.40. The van der Waals surface area contributed by atoms with E-state index >= 15 is 0 Å². The fourth-order valence-corrected chi connectivity index (χ4v) is 3.07. The van der Waals surface area contributed by atoms with Crippen LogP contribution >= 0.6 is 11.6 Å². The van der Waals surface area contributed by atoms with Crippen molar-refractivity contribution in [2.24, 2.45) is 0 Å². The zero-order valence-corrected chi connectivity index (χ0v) is 14.3. The van der Waals surface area contributed by atoms with Gasteiger partial charge in [-0.15, -0.1) is 0 Å². The number of aliphatic hydroxyl groups is 1. The predicted molar refractivity (Wildman–Crippen MR) is 94.6 cm³/mol. The minimum atomic E-state index is -0.199. The van der Waals surface area contributed by atoms with Gasteiger partial charge in [-0.2, -0.15) is 4.98 Å². The van der Waals surface area contributed by atoms with Crippen molar-refractivity contribution < 1.29 is 9.84 Å². The molecule has 1 aliphatic rings. The maximum absolute atomic E-state index is 9.70. The Hall–Kier alpha value is -2.05. The standard InChI is InChI=1S/C17H21ClN4O2/c1-22(12-4-6-13(23)7-5-12)16-15(10-20-17(19)21-16)24-14-8-2-11(18)3-9-14/h2-3,8-10,12-13,23H,4-7H2,1H3,(H2,19,20,21). The molecular formula is C17H21ClN4O2. The van der Waals surface area contributed by atoms with Crippen LogP contribution in [0, 0.1) is 0 Å². The highest BCUT2D eigenvalue weighted by Crippen LogP contribution is 2.34. The van der Waals surface area contributed by atoms with Crippen molar-refractivity contribution in [3.63, 3.8) is 0 Å². The molecular weight excluding hydrogens is 328 g/mol. The quantitative estimate of drug-likeness (QED) is 0.882. The number of aliphatic hydroxyl groups excluding tert-OH is 1. The summed E-state index contributed by atoms with van der Waals surface area (Å²) in [5.74, 6) is 2.05. The Bertz CT molecular complexity index is 687. The van der Waals surface area contributed by atoms with Gasteiger partial charge >= 0.3 is 0 Å². The summed E-state index contributed by atoms with van der Waals surface area (Å²) in [5.41, 5.74) is 5.77. The highest BCUT2D eigenvalue weighted by atomic mass is 35.5. The normalized spacial score (nSPS) is 20.6. The highest BCUT2D eigenvalue weighted by molar-refractivity contribution is 6.30. The lowest BCUT2D eigenvalue weighted by atomic mass is 9.92. The van der Waals surface area contributed by atoms with Gasteiger partial charge < -0.3 is 20.5 Å². The Morgan fingerprint density at radius 2 is 1.88 bits per heavy atom. The van der Waals surface area contributed by atoms with Gasteiger partial charge in [0.1, 0.15) is 5.75 Å². The first-order chi connectivity index (χ1) is 11.5. The van der Waals surface area contributed by atoms with Crippen LogP contribution in [0.2, 0.25) is 5.02 Å². The smallest absolute Gasteiger partial charge is 0.222 e. The van der Waals surface area contributed by atoms with Crippen LogP contribution in [-0.2, 0) is 0 Å². The molecule has 1 aromatic heterocycles. The molecule has 3 rings (SSSR count). The lowest BCUT2D eigenvalue weighted by Crippen LogP contribution is -2.37.